The monoisotopic (exact) mass is 478 g/mol. The zero-order valence-corrected chi connectivity index (χ0v) is 21.1. The molecule has 35 heavy (non-hydrogen) atoms. The first-order valence-corrected chi connectivity index (χ1v) is 12.9. The molecule has 1 amide bonds. The quantitative estimate of drug-likeness (QED) is 0.651. The van der Waals surface area contributed by atoms with Crippen LogP contribution in [0.4, 0.5) is 10.6 Å². The highest BCUT2D eigenvalue weighted by molar-refractivity contribution is 5.76. The highest BCUT2D eigenvalue weighted by Crippen LogP contribution is 2.31. The molecule has 2 aliphatic heterocycles. The number of amides is 1. The molecule has 2 aromatic rings. The van der Waals surface area contributed by atoms with Crippen LogP contribution < -0.4 is 10.1 Å². The van der Waals surface area contributed by atoms with E-state index in [-0.39, 0.29) is 6.03 Å². The number of aromatic nitrogens is 2. The Bertz CT molecular complexity index is 1050. The number of nitrogens with one attached hydrogen (secondary N) is 1. The number of ether oxygens (including phenoxy) is 1. The second kappa shape index (κ2) is 10.4. The second-order valence-electron chi connectivity index (χ2n) is 10.3. The van der Waals surface area contributed by atoms with Gasteiger partial charge in [-0.25, -0.2) is 4.79 Å². The van der Waals surface area contributed by atoms with Crippen LogP contribution >= 0.6 is 0 Å². The van der Waals surface area contributed by atoms with Crippen molar-refractivity contribution in [3.63, 3.8) is 0 Å². The Labute approximate surface area is 208 Å². The largest absolute Gasteiger partial charge is 0.490 e. The van der Waals surface area contributed by atoms with E-state index in [1.54, 1.807) is 12.3 Å². The first-order chi connectivity index (χ1) is 16.9. The fraction of sp³-hybridized carbons (Fsp3) is 0.556. The van der Waals surface area contributed by atoms with Gasteiger partial charge in [-0.15, -0.1) is 5.10 Å². The molecule has 0 radical (unpaired) electrons. The Morgan fingerprint density at radius 3 is 2.51 bits per heavy atom. The van der Waals surface area contributed by atoms with Crippen molar-refractivity contribution in [2.24, 2.45) is 0 Å². The van der Waals surface area contributed by atoms with Crippen molar-refractivity contribution in [3.8, 4) is 5.75 Å². The Balaban J connectivity index is 1.14. The summed E-state index contributed by atoms with van der Waals surface area (Å²) in [5.41, 5.74) is 3.26. The summed E-state index contributed by atoms with van der Waals surface area (Å²) in [5, 5.41) is 7.37. The number of piperazine rings is 1. The number of rotatable bonds is 7. The SMILES string of the molecule is C=C(C)Nc1ccn(C(=O)N2CCN(Cc3ccc(C)cc3OC3CCN(C4CC4)CC3)CC2)n1. The molecule has 0 bridgehead atoms. The molecule has 8 heteroatoms. The molecule has 1 aliphatic carbocycles. The van der Waals surface area contributed by atoms with Crippen LogP contribution in [-0.4, -0.2) is 81.9 Å². The number of hydrogen-bond acceptors (Lipinski definition) is 6. The van der Waals surface area contributed by atoms with Gasteiger partial charge in [0.25, 0.3) is 0 Å². The van der Waals surface area contributed by atoms with Crippen molar-refractivity contribution in [2.75, 3.05) is 44.6 Å². The summed E-state index contributed by atoms with van der Waals surface area (Å²) < 4.78 is 7.97. The highest BCUT2D eigenvalue weighted by Gasteiger charge is 2.32. The fourth-order valence-electron chi connectivity index (χ4n) is 5.08. The van der Waals surface area contributed by atoms with Crippen LogP contribution in [0.25, 0.3) is 0 Å². The highest BCUT2D eigenvalue weighted by atomic mass is 16.5. The Morgan fingerprint density at radius 1 is 1.09 bits per heavy atom. The summed E-state index contributed by atoms with van der Waals surface area (Å²) in [7, 11) is 0. The molecular weight excluding hydrogens is 440 g/mol. The van der Waals surface area contributed by atoms with Crippen molar-refractivity contribution in [1.29, 1.82) is 0 Å². The molecule has 3 heterocycles. The maximum absolute atomic E-state index is 12.9. The number of benzene rings is 1. The van der Waals surface area contributed by atoms with E-state index in [1.807, 2.05) is 11.8 Å². The third-order valence-corrected chi connectivity index (χ3v) is 7.22. The molecule has 2 saturated heterocycles. The number of piperidine rings is 1. The van der Waals surface area contributed by atoms with E-state index in [0.717, 1.165) is 63.1 Å². The summed E-state index contributed by atoms with van der Waals surface area (Å²) in [6, 6.07) is 9.12. The molecule has 1 N–H and O–H groups in total. The van der Waals surface area contributed by atoms with Crippen molar-refractivity contribution in [1.82, 2.24) is 24.5 Å². The van der Waals surface area contributed by atoms with Gasteiger partial charge in [0.1, 0.15) is 11.9 Å². The van der Waals surface area contributed by atoms with E-state index < -0.39 is 0 Å². The fourth-order valence-corrected chi connectivity index (χ4v) is 5.08. The lowest BCUT2D eigenvalue weighted by Gasteiger charge is -2.35. The number of carbonyl (C=O) groups excluding carboxylic acids is 1. The zero-order valence-electron chi connectivity index (χ0n) is 21.1. The van der Waals surface area contributed by atoms with E-state index in [0.29, 0.717) is 25.0 Å². The lowest BCUT2D eigenvalue weighted by molar-refractivity contribution is 0.0935. The number of carbonyl (C=O) groups is 1. The van der Waals surface area contributed by atoms with Crippen molar-refractivity contribution in [2.45, 2.75) is 58.2 Å². The van der Waals surface area contributed by atoms with Gasteiger partial charge in [0.2, 0.25) is 0 Å². The van der Waals surface area contributed by atoms with Crippen LogP contribution in [0.15, 0.2) is 42.7 Å². The third-order valence-electron chi connectivity index (χ3n) is 7.22. The average molecular weight is 479 g/mol. The maximum Gasteiger partial charge on any atom is 0.344 e. The molecule has 1 aromatic heterocycles. The number of aryl methyl sites for hydroxylation is 1. The zero-order chi connectivity index (χ0) is 24.4. The first kappa shape index (κ1) is 23.9. The Kier molecular flexibility index (Phi) is 7.11. The van der Waals surface area contributed by atoms with Gasteiger partial charge in [-0.05, 0) is 51.2 Å². The topological polar surface area (TPSA) is 65.9 Å². The Morgan fingerprint density at radius 2 is 1.83 bits per heavy atom. The average Bonchev–Trinajstić information content (AvgIpc) is 3.60. The van der Waals surface area contributed by atoms with Crippen LogP contribution in [-0.2, 0) is 6.54 Å². The van der Waals surface area contributed by atoms with Crippen LogP contribution in [0.3, 0.4) is 0 Å². The minimum absolute atomic E-state index is 0.0867. The first-order valence-electron chi connectivity index (χ1n) is 12.9. The van der Waals surface area contributed by atoms with E-state index in [9.17, 15) is 4.79 Å². The molecule has 3 aliphatic rings. The molecule has 0 atom stereocenters. The number of anilines is 1. The molecule has 8 nitrogen and oxygen atoms in total. The van der Waals surface area contributed by atoms with Crippen molar-refractivity contribution >= 4 is 11.8 Å². The van der Waals surface area contributed by atoms with Crippen molar-refractivity contribution in [3.05, 3.63) is 53.9 Å². The van der Waals surface area contributed by atoms with E-state index >= 15 is 0 Å². The van der Waals surface area contributed by atoms with Crippen molar-refractivity contribution < 1.29 is 9.53 Å². The molecule has 188 valence electrons. The number of nitrogens with zero attached hydrogens (tertiary/aromatic N) is 5. The van der Waals surface area contributed by atoms with Crippen LogP contribution in [0.5, 0.6) is 5.75 Å². The minimum atomic E-state index is -0.0867. The van der Waals surface area contributed by atoms with Gasteiger partial charge in [-0.2, -0.15) is 4.68 Å². The maximum atomic E-state index is 12.9. The molecule has 0 unspecified atom stereocenters. The predicted octanol–water partition coefficient (Wildman–Crippen LogP) is 3.93. The molecular formula is C27H38N6O2. The van der Waals surface area contributed by atoms with Gasteiger partial charge in [0, 0.05) is 75.4 Å². The van der Waals surface area contributed by atoms with Gasteiger partial charge in [-0.1, -0.05) is 18.7 Å². The Hall–Kier alpha value is -2.84. The minimum Gasteiger partial charge on any atom is -0.490 e. The van der Waals surface area contributed by atoms with E-state index in [4.69, 9.17) is 4.74 Å². The summed E-state index contributed by atoms with van der Waals surface area (Å²) >= 11 is 0. The van der Waals surface area contributed by atoms with Gasteiger partial charge < -0.3 is 19.9 Å². The second-order valence-corrected chi connectivity index (χ2v) is 10.3. The number of hydrogen-bond donors (Lipinski definition) is 1. The molecule has 0 spiro atoms. The normalized spacial score (nSPS) is 20.1. The smallest absolute Gasteiger partial charge is 0.344 e. The molecule has 1 saturated carbocycles. The molecule has 3 fully saturated rings. The van der Waals surface area contributed by atoms with Crippen LogP contribution in [0.2, 0.25) is 0 Å². The lowest BCUT2D eigenvalue weighted by Crippen LogP contribution is -2.49. The third kappa shape index (κ3) is 6.05. The van der Waals surface area contributed by atoms with Gasteiger partial charge in [0.15, 0.2) is 5.82 Å². The summed E-state index contributed by atoms with van der Waals surface area (Å²) in [6.45, 7) is 14.0. The number of allylic oxidation sites excluding steroid dienone is 1. The van der Waals surface area contributed by atoms with Gasteiger partial charge in [0.05, 0.1) is 0 Å². The summed E-state index contributed by atoms with van der Waals surface area (Å²) in [5.74, 6) is 1.66. The van der Waals surface area contributed by atoms with Gasteiger partial charge in [-0.3, -0.25) is 4.90 Å². The lowest BCUT2D eigenvalue weighted by atomic mass is 10.1. The molecule has 1 aromatic carbocycles. The summed E-state index contributed by atoms with van der Waals surface area (Å²) in [4.78, 5) is 19.8. The number of likely N-dealkylation sites (tertiary alicyclic amines) is 1. The van der Waals surface area contributed by atoms with E-state index in [2.05, 4.69) is 51.9 Å². The van der Waals surface area contributed by atoms with Crippen LogP contribution in [0.1, 0.15) is 43.7 Å². The van der Waals surface area contributed by atoms with Gasteiger partial charge >= 0.3 is 6.03 Å². The van der Waals surface area contributed by atoms with E-state index in [1.165, 1.54) is 28.7 Å². The van der Waals surface area contributed by atoms with Crippen LogP contribution in [0, 0.1) is 6.92 Å². The standard InChI is InChI=1S/C27H38N6O2/c1-20(2)28-26-10-13-33(29-26)27(34)32-16-14-30(15-17-32)19-22-5-4-21(3)18-25(22)35-24-8-11-31(12-9-24)23-6-7-23/h4-5,10,13,18,23-24H,1,6-9,11-12,14-17,19H2,2-3H3,(H,28,29). The summed E-state index contributed by atoms with van der Waals surface area (Å²) in [6.07, 6.45) is 6.98. The predicted molar refractivity (Wildman–Crippen MR) is 138 cm³/mol. The molecule has 5 rings (SSSR count).